The Labute approximate surface area is 102 Å². The minimum atomic E-state index is -3.58. The molecule has 3 rings (SSSR count). The normalized spacial score (nSPS) is 25.6. The first-order valence-electron chi connectivity index (χ1n) is 6.03. The van der Waals surface area contributed by atoms with Crippen LogP contribution in [0.15, 0.2) is 4.90 Å². The maximum Gasteiger partial charge on any atom is 0.238 e. The van der Waals surface area contributed by atoms with Crippen molar-refractivity contribution in [3.8, 4) is 0 Å². The molecule has 0 heterocycles. The molecule has 0 amide bonds. The largest absolute Gasteiger partial charge is 0.238 e. The molecule has 4 heteroatoms. The average Bonchev–Trinajstić information content (AvgIpc) is 2.56. The van der Waals surface area contributed by atoms with Crippen LogP contribution in [-0.2, 0) is 22.9 Å². The third kappa shape index (κ3) is 1.28. The van der Waals surface area contributed by atoms with E-state index in [1.807, 2.05) is 0 Å². The molecule has 2 N–H and O–H groups in total. The summed E-state index contributed by atoms with van der Waals surface area (Å²) in [6, 6.07) is 0. The molecule has 3 nitrogen and oxygen atoms in total. The molecule has 92 valence electrons. The highest BCUT2D eigenvalue weighted by Crippen LogP contribution is 2.51. The van der Waals surface area contributed by atoms with Gasteiger partial charge in [0.15, 0.2) is 0 Å². The van der Waals surface area contributed by atoms with Crippen LogP contribution in [0, 0.1) is 6.92 Å². The first-order valence-corrected chi connectivity index (χ1v) is 7.58. The van der Waals surface area contributed by atoms with E-state index in [0.717, 1.165) is 24.0 Å². The van der Waals surface area contributed by atoms with E-state index in [0.29, 0.717) is 16.7 Å². The highest BCUT2D eigenvalue weighted by atomic mass is 32.2. The number of hydrogen-bond acceptors (Lipinski definition) is 2. The fourth-order valence-electron chi connectivity index (χ4n) is 3.77. The molecule has 0 saturated heterocycles. The van der Waals surface area contributed by atoms with Crippen LogP contribution in [0.4, 0.5) is 0 Å². The molecule has 2 aliphatic carbocycles. The summed E-state index contributed by atoms with van der Waals surface area (Å²) in [4.78, 5) is 0.449. The Morgan fingerprint density at radius 2 is 1.59 bits per heavy atom. The van der Waals surface area contributed by atoms with Crippen molar-refractivity contribution in [2.75, 3.05) is 0 Å². The number of hydrogen-bond donors (Lipinski definition) is 1. The van der Waals surface area contributed by atoms with Gasteiger partial charge in [0.2, 0.25) is 10.0 Å². The summed E-state index contributed by atoms with van der Waals surface area (Å²) < 4.78 is 23.6. The second-order valence-electron chi connectivity index (χ2n) is 5.49. The minimum Gasteiger partial charge on any atom is -0.225 e. The molecular weight excluding hydrogens is 234 g/mol. The van der Waals surface area contributed by atoms with E-state index in [4.69, 9.17) is 5.14 Å². The fraction of sp³-hybridized carbons (Fsp3) is 0.538. The number of primary sulfonamides is 1. The van der Waals surface area contributed by atoms with Crippen molar-refractivity contribution in [1.82, 2.24) is 0 Å². The SMILES string of the molecule is Cc1c2c3c(S(N)(=O)=O)c(c1C(C)C2)C(C)C3. The van der Waals surface area contributed by atoms with Gasteiger partial charge in [-0.05, 0) is 59.4 Å². The van der Waals surface area contributed by atoms with Gasteiger partial charge < -0.3 is 0 Å². The van der Waals surface area contributed by atoms with Gasteiger partial charge >= 0.3 is 0 Å². The molecule has 2 unspecified atom stereocenters. The van der Waals surface area contributed by atoms with E-state index in [2.05, 4.69) is 20.8 Å². The molecule has 2 atom stereocenters. The number of nitrogens with two attached hydrogens (primary N) is 1. The van der Waals surface area contributed by atoms with Crippen molar-refractivity contribution in [2.45, 2.75) is 50.3 Å². The van der Waals surface area contributed by atoms with Gasteiger partial charge in [-0.3, -0.25) is 0 Å². The maximum absolute atomic E-state index is 11.8. The highest BCUT2D eigenvalue weighted by molar-refractivity contribution is 7.89. The molecule has 1 aromatic rings. The average molecular weight is 251 g/mol. The lowest BCUT2D eigenvalue weighted by atomic mass is 9.92. The van der Waals surface area contributed by atoms with Crippen molar-refractivity contribution in [1.29, 1.82) is 0 Å². The Morgan fingerprint density at radius 3 is 2.18 bits per heavy atom. The van der Waals surface area contributed by atoms with Gasteiger partial charge in [0.05, 0.1) is 4.90 Å². The Balaban J connectivity index is 2.47. The first kappa shape index (κ1) is 11.2. The number of fused-ring (bicyclic) bond motifs is 6. The van der Waals surface area contributed by atoms with Crippen molar-refractivity contribution < 1.29 is 8.42 Å². The summed E-state index contributed by atoms with van der Waals surface area (Å²) in [5, 5.41) is 5.39. The van der Waals surface area contributed by atoms with E-state index >= 15 is 0 Å². The Morgan fingerprint density at radius 1 is 1.06 bits per heavy atom. The summed E-state index contributed by atoms with van der Waals surface area (Å²) in [5.74, 6) is 0.737. The van der Waals surface area contributed by atoms with Crippen LogP contribution in [0.25, 0.3) is 0 Å². The van der Waals surface area contributed by atoms with Crippen LogP contribution in [-0.4, -0.2) is 8.42 Å². The van der Waals surface area contributed by atoms with Gasteiger partial charge in [0.25, 0.3) is 0 Å². The van der Waals surface area contributed by atoms with E-state index in [9.17, 15) is 8.42 Å². The van der Waals surface area contributed by atoms with Gasteiger partial charge in [0.1, 0.15) is 0 Å². The molecule has 4 bridgehead atoms. The number of sulfonamides is 1. The molecule has 0 spiro atoms. The zero-order chi connectivity index (χ0) is 12.5. The first-order chi connectivity index (χ1) is 7.82. The topological polar surface area (TPSA) is 60.2 Å². The zero-order valence-electron chi connectivity index (χ0n) is 10.4. The highest BCUT2D eigenvalue weighted by Gasteiger charge is 2.40. The smallest absolute Gasteiger partial charge is 0.225 e. The van der Waals surface area contributed by atoms with Gasteiger partial charge in [-0.2, -0.15) is 0 Å². The molecular formula is C13H17NO2S. The fourth-order valence-corrected chi connectivity index (χ4v) is 4.94. The molecule has 0 radical (unpaired) electrons. The molecule has 0 aromatic heterocycles. The number of rotatable bonds is 1. The molecule has 0 fully saturated rings. The summed E-state index contributed by atoms with van der Waals surface area (Å²) in [6.45, 7) is 6.39. The lowest BCUT2D eigenvalue weighted by Gasteiger charge is -2.14. The summed E-state index contributed by atoms with van der Waals surface area (Å²) >= 11 is 0. The summed E-state index contributed by atoms with van der Waals surface area (Å²) in [7, 11) is -3.58. The molecule has 1 aromatic carbocycles. The van der Waals surface area contributed by atoms with Crippen LogP contribution >= 0.6 is 0 Å². The summed E-state index contributed by atoms with van der Waals surface area (Å²) in [6.07, 6.45) is 1.82. The quantitative estimate of drug-likeness (QED) is 0.829. The van der Waals surface area contributed by atoms with E-state index in [1.165, 1.54) is 16.7 Å². The van der Waals surface area contributed by atoms with Crippen molar-refractivity contribution >= 4 is 10.0 Å². The third-order valence-electron chi connectivity index (χ3n) is 4.32. The van der Waals surface area contributed by atoms with Crippen molar-refractivity contribution in [3.05, 3.63) is 27.8 Å². The maximum atomic E-state index is 11.8. The van der Waals surface area contributed by atoms with Gasteiger partial charge in [-0.25, -0.2) is 13.6 Å². The predicted octanol–water partition coefficient (Wildman–Crippen LogP) is 1.96. The minimum absolute atomic E-state index is 0.295. The van der Waals surface area contributed by atoms with Crippen LogP contribution in [0.1, 0.15) is 53.5 Å². The second kappa shape index (κ2) is 3.12. The molecule has 0 saturated carbocycles. The Bertz CT molecular complexity index is 632. The van der Waals surface area contributed by atoms with Gasteiger partial charge in [0, 0.05) is 0 Å². The van der Waals surface area contributed by atoms with E-state index < -0.39 is 10.0 Å². The van der Waals surface area contributed by atoms with Crippen molar-refractivity contribution in [3.63, 3.8) is 0 Å². The Kier molecular flexibility index (Phi) is 2.06. The molecule has 2 aliphatic rings. The molecule has 0 aliphatic heterocycles. The predicted molar refractivity (Wildman–Crippen MR) is 66.8 cm³/mol. The van der Waals surface area contributed by atoms with Crippen LogP contribution in [0.2, 0.25) is 0 Å². The lowest BCUT2D eigenvalue weighted by molar-refractivity contribution is 0.597. The second-order valence-corrected chi connectivity index (χ2v) is 6.99. The Hall–Kier alpha value is -0.870. The van der Waals surface area contributed by atoms with Gasteiger partial charge in [-0.1, -0.05) is 13.8 Å². The van der Waals surface area contributed by atoms with E-state index in [1.54, 1.807) is 0 Å². The standard InChI is InChI=1S/C13H17NO2S/c1-6-4-9-8(3)11(6)12-7(2)5-10(9)13(12)17(14,15)16/h6-7H,4-5H2,1-3H3,(H2,14,15,16). The van der Waals surface area contributed by atoms with E-state index in [-0.39, 0.29) is 0 Å². The third-order valence-corrected chi connectivity index (χ3v) is 5.36. The van der Waals surface area contributed by atoms with Crippen LogP contribution in [0.3, 0.4) is 0 Å². The zero-order valence-corrected chi connectivity index (χ0v) is 11.2. The summed E-state index contributed by atoms with van der Waals surface area (Å²) in [5.41, 5.74) is 5.80. The monoisotopic (exact) mass is 251 g/mol. The van der Waals surface area contributed by atoms with Crippen molar-refractivity contribution in [2.24, 2.45) is 5.14 Å². The molecule has 17 heavy (non-hydrogen) atoms. The van der Waals surface area contributed by atoms with Crippen LogP contribution in [0.5, 0.6) is 0 Å². The number of benzene rings is 1. The van der Waals surface area contributed by atoms with Gasteiger partial charge in [-0.15, -0.1) is 0 Å². The lowest BCUT2D eigenvalue weighted by Crippen LogP contribution is -2.15. The van der Waals surface area contributed by atoms with Crippen LogP contribution < -0.4 is 5.14 Å².